The standard InChI is InChI=1S/C20H31N7O2.HI/c1-3-22-19(24-13-20(2,28)14-26-8-10-29-11-9-26)23-12-17-4-6-18(7-5-17)27-16-21-15-25-27;/h4-7,15-16,28H,3,8-14H2,1-2H3,(H2,22,23,24);1H. The number of hydrogen-bond acceptors (Lipinski definition) is 6. The molecule has 0 bridgehead atoms. The molecule has 0 radical (unpaired) electrons. The van der Waals surface area contributed by atoms with Crippen molar-refractivity contribution in [3.05, 3.63) is 42.5 Å². The van der Waals surface area contributed by atoms with Gasteiger partial charge in [0.05, 0.1) is 31.0 Å². The predicted octanol–water partition coefficient (Wildman–Crippen LogP) is 1.02. The Balaban J connectivity index is 0.00000320. The monoisotopic (exact) mass is 529 g/mol. The van der Waals surface area contributed by atoms with Gasteiger partial charge >= 0.3 is 0 Å². The molecule has 2 aromatic rings. The molecule has 1 unspecified atom stereocenters. The lowest BCUT2D eigenvalue weighted by molar-refractivity contribution is -0.0201. The zero-order valence-corrected chi connectivity index (χ0v) is 20.0. The van der Waals surface area contributed by atoms with Gasteiger partial charge in [0.2, 0.25) is 0 Å². The summed E-state index contributed by atoms with van der Waals surface area (Å²) in [7, 11) is 0. The second kappa shape index (κ2) is 12.2. The highest BCUT2D eigenvalue weighted by atomic mass is 127. The molecule has 3 rings (SSSR count). The molecule has 0 spiro atoms. The fourth-order valence-electron chi connectivity index (χ4n) is 3.18. The van der Waals surface area contributed by atoms with E-state index >= 15 is 0 Å². The molecule has 1 atom stereocenters. The van der Waals surface area contributed by atoms with Gasteiger partial charge in [-0.2, -0.15) is 5.10 Å². The molecule has 1 aliphatic rings. The Morgan fingerprint density at radius 2 is 1.97 bits per heavy atom. The maximum Gasteiger partial charge on any atom is 0.191 e. The van der Waals surface area contributed by atoms with Crippen molar-refractivity contribution in [1.82, 2.24) is 30.3 Å². The number of nitrogens with one attached hydrogen (secondary N) is 2. The number of aliphatic imine (C=N–C) groups is 1. The van der Waals surface area contributed by atoms with Gasteiger partial charge in [-0.3, -0.25) is 4.90 Å². The fourth-order valence-corrected chi connectivity index (χ4v) is 3.18. The third kappa shape index (κ3) is 7.82. The van der Waals surface area contributed by atoms with Crippen LogP contribution in [0.4, 0.5) is 0 Å². The number of aliphatic hydroxyl groups is 1. The Bertz CT molecular complexity index is 760. The average Bonchev–Trinajstić information content (AvgIpc) is 3.26. The van der Waals surface area contributed by atoms with Crippen molar-refractivity contribution >= 4 is 29.9 Å². The fraction of sp³-hybridized carbons (Fsp3) is 0.550. The number of guanidine groups is 1. The van der Waals surface area contributed by atoms with Crippen LogP contribution in [0.25, 0.3) is 5.69 Å². The van der Waals surface area contributed by atoms with Crippen LogP contribution in [0, 0.1) is 0 Å². The molecule has 1 fully saturated rings. The summed E-state index contributed by atoms with van der Waals surface area (Å²) in [6.45, 7) is 9.35. The lowest BCUT2D eigenvalue weighted by atomic mass is 10.1. The molecule has 0 aliphatic carbocycles. The minimum atomic E-state index is -0.854. The van der Waals surface area contributed by atoms with E-state index in [0.29, 0.717) is 25.6 Å². The molecule has 3 N–H and O–H groups in total. The second-order valence-corrected chi connectivity index (χ2v) is 7.44. The zero-order chi connectivity index (χ0) is 20.5. The molecule has 30 heavy (non-hydrogen) atoms. The number of halogens is 1. The minimum absolute atomic E-state index is 0. The highest BCUT2D eigenvalue weighted by Crippen LogP contribution is 2.10. The summed E-state index contributed by atoms with van der Waals surface area (Å²) in [5, 5.41) is 21.4. The van der Waals surface area contributed by atoms with Gasteiger partial charge in [0.1, 0.15) is 12.7 Å². The molecule has 166 valence electrons. The zero-order valence-electron chi connectivity index (χ0n) is 17.6. The van der Waals surface area contributed by atoms with Crippen molar-refractivity contribution < 1.29 is 9.84 Å². The summed E-state index contributed by atoms with van der Waals surface area (Å²) in [4.78, 5) is 10.8. The molecule has 1 aromatic carbocycles. The molecular weight excluding hydrogens is 497 g/mol. The SMILES string of the molecule is CCNC(=NCc1ccc(-n2cncn2)cc1)NCC(C)(O)CN1CCOCC1.I. The molecule has 1 aromatic heterocycles. The van der Waals surface area contributed by atoms with Crippen molar-refractivity contribution in [2.45, 2.75) is 26.0 Å². The van der Waals surface area contributed by atoms with Gasteiger partial charge in [0, 0.05) is 32.7 Å². The number of β-amino-alcohol motifs (C(OH)–C–C–N with tert-alkyl or cyclic N) is 1. The molecule has 1 aliphatic heterocycles. The van der Waals surface area contributed by atoms with Crippen LogP contribution < -0.4 is 10.6 Å². The number of rotatable bonds is 8. The summed E-state index contributed by atoms with van der Waals surface area (Å²) < 4.78 is 7.09. The van der Waals surface area contributed by atoms with Crippen LogP contribution in [0.15, 0.2) is 41.9 Å². The van der Waals surface area contributed by atoms with E-state index in [4.69, 9.17) is 4.74 Å². The van der Waals surface area contributed by atoms with Crippen LogP contribution in [-0.2, 0) is 11.3 Å². The Labute approximate surface area is 194 Å². The molecule has 0 saturated carbocycles. The number of aromatic nitrogens is 3. The summed E-state index contributed by atoms with van der Waals surface area (Å²) >= 11 is 0. The van der Waals surface area contributed by atoms with E-state index in [2.05, 4.69) is 30.6 Å². The van der Waals surface area contributed by atoms with Crippen molar-refractivity contribution in [3.8, 4) is 5.69 Å². The average molecular weight is 529 g/mol. The topological polar surface area (TPSA) is 99.8 Å². The molecule has 1 saturated heterocycles. The van der Waals surface area contributed by atoms with Crippen LogP contribution in [0.2, 0.25) is 0 Å². The third-order valence-electron chi connectivity index (χ3n) is 4.69. The quantitative estimate of drug-likeness (QED) is 0.267. The van der Waals surface area contributed by atoms with E-state index in [1.54, 1.807) is 11.0 Å². The van der Waals surface area contributed by atoms with E-state index in [1.165, 1.54) is 6.33 Å². The predicted molar refractivity (Wildman–Crippen MR) is 127 cm³/mol. The van der Waals surface area contributed by atoms with Crippen LogP contribution in [0.5, 0.6) is 0 Å². The molecular formula is C20H32IN7O2. The van der Waals surface area contributed by atoms with Crippen LogP contribution in [0.3, 0.4) is 0 Å². The van der Waals surface area contributed by atoms with Gasteiger partial charge in [-0.15, -0.1) is 24.0 Å². The third-order valence-corrected chi connectivity index (χ3v) is 4.69. The summed E-state index contributed by atoms with van der Waals surface area (Å²) in [6.07, 6.45) is 3.18. The Kier molecular flexibility index (Phi) is 9.95. The van der Waals surface area contributed by atoms with E-state index in [-0.39, 0.29) is 24.0 Å². The van der Waals surface area contributed by atoms with E-state index in [1.807, 2.05) is 38.1 Å². The largest absolute Gasteiger partial charge is 0.387 e. The molecule has 9 nitrogen and oxygen atoms in total. The van der Waals surface area contributed by atoms with Gasteiger partial charge in [0.15, 0.2) is 5.96 Å². The maximum atomic E-state index is 10.7. The van der Waals surface area contributed by atoms with Gasteiger partial charge < -0.3 is 20.5 Å². The van der Waals surface area contributed by atoms with Crippen LogP contribution in [-0.4, -0.2) is 82.3 Å². The molecule has 2 heterocycles. The van der Waals surface area contributed by atoms with Crippen molar-refractivity contribution in [1.29, 1.82) is 0 Å². The Morgan fingerprint density at radius 1 is 1.23 bits per heavy atom. The summed E-state index contributed by atoms with van der Waals surface area (Å²) in [5.41, 5.74) is 1.19. The maximum absolute atomic E-state index is 10.7. The van der Waals surface area contributed by atoms with Gasteiger partial charge in [0.25, 0.3) is 0 Å². The van der Waals surface area contributed by atoms with E-state index in [9.17, 15) is 5.11 Å². The number of benzene rings is 1. The van der Waals surface area contributed by atoms with E-state index in [0.717, 1.165) is 44.1 Å². The van der Waals surface area contributed by atoms with Gasteiger partial charge in [-0.1, -0.05) is 12.1 Å². The number of hydrogen-bond donors (Lipinski definition) is 3. The first-order valence-corrected chi connectivity index (χ1v) is 10.0. The smallest absolute Gasteiger partial charge is 0.191 e. The first kappa shape index (κ1) is 24.5. The Hall–Kier alpha value is -1.76. The van der Waals surface area contributed by atoms with Crippen LogP contribution >= 0.6 is 24.0 Å². The normalized spacial score (nSPS) is 17.1. The minimum Gasteiger partial charge on any atom is -0.387 e. The van der Waals surface area contributed by atoms with Crippen molar-refractivity contribution in [2.75, 3.05) is 45.9 Å². The lowest BCUT2D eigenvalue weighted by Crippen LogP contribution is -2.52. The van der Waals surface area contributed by atoms with Gasteiger partial charge in [-0.25, -0.2) is 14.7 Å². The van der Waals surface area contributed by atoms with E-state index < -0.39 is 5.60 Å². The first-order chi connectivity index (χ1) is 14.1. The highest BCUT2D eigenvalue weighted by molar-refractivity contribution is 14.0. The second-order valence-electron chi connectivity index (χ2n) is 7.44. The lowest BCUT2D eigenvalue weighted by Gasteiger charge is -2.34. The Morgan fingerprint density at radius 3 is 2.60 bits per heavy atom. The van der Waals surface area contributed by atoms with Gasteiger partial charge in [-0.05, 0) is 31.5 Å². The molecule has 0 amide bonds. The number of nitrogens with zero attached hydrogens (tertiary/aromatic N) is 5. The van der Waals surface area contributed by atoms with Crippen molar-refractivity contribution in [2.24, 2.45) is 4.99 Å². The van der Waals surface area contributed by atoms with Crippen LogP contribution in [0.1, 0.15) is 19.4 Å². The summed E-state index contributed by atoms with van der Waals surface area (Å²) in [6, 6.07) is 8.04. The highest BCUT2D eigenvalue weighted by Gasteiger charge is 2.25. The number of morpholine rings is 1. The summed E-state index contributed by atoms with van der Waals surface area (Å²) in [5.74, 6) is 0.690. The first-order valence-electron chi connectivity index (χ1n) is 10.0. The number of ether oxygens (including phenoxy) is 1. The van der Waals surface area contributed by atoms with Crippen molar-refractivity contribution in [3.63, 3.8) is 0 Å². The molecule has 10 heteroatoms.